The Morgan fingerprint density at radius 1 is 1.60 bits per heavy atom. The van der Waals surface area contributed by atoms with Gasteiger partial charge in [0.05, 0.1) is 13.2 Å². The lowest BCUT2D eigenvalue weighted by atomic mass is 10.0. The predicted octanol–water partition coefficient (Wildman–Crippen LogP) is 1.13. The minimum absolute atomic E-state index is 0.527. The zero-order valence-corrected chi connectivity index (χ0v) is 6.09. The summed E-state index contributed by atoms with van der Waals surface area (Å²) in [7, 11) is 0. The number of aldehydes is 1. The van der Waals surface area contributed by atoms with Crippen molar-refractivity contribution in [1.29, 1.82) is 0 Å². The van der Waals surface area contributed by atoms with E-state index >= 15 is 0 Å². The number of ether oxygens (including phenoxy) is 1. The number of allylic oxidation sites excluding steroid dienone is 1. The summed E-state index contributed by atoms with van der Waals surface area (Å²) >= 11 is 0. The van der Waals surface area contributed by atoms with Crippen LogP contribution in [0.2, 0.25) is 0 Å². The Kier molecular flexibility index (Phi) is 2.63. The van der Waals surface area contributed by atoms with Gasteiger partial charge in [0.1, 0.15) is 6.29 Å². The van der Waals surface area contributed by atoms with Crippen LogP contribution in [0.5, 0.6) is 0 Å². The third-order valence-corrected chi connectivity index (χ3v) is 1.67. The van der Waals surface area contributed by atoms with Gasteiger partial charge in [-0.25, -0.2) is 0 Å². The molecule has 1 radical (unpaired) electrons. The van der Waals surface area contributed by atoms with E-state index in [-0.39, 0.29) is 0 Å². The zero-order valence-electron chi connectivity index (χ0n) is 6.09. The van der Waals surface area contributed by atoms with E-state index in [9.17, 15) is 4.79 Å². The first-order valence-electron chi connectivity index (χ1n) is 3.40. The molecule has 10 heavy (non-hydrogen) atoms. The topological polar surface area (TPSA) is 26.3 Å². The van der Waals surface area contributed by atoms with Crippen molar-refractivity contribution in [2.45, 2.75) is 13.3 Å². The number of rotatable bonds is 2. The lowest BCUT2D eigenvalue weighted by Crippen LogP contribution is -1.98. The first kappa shape index (κ1) is 7.48. The predicted molar refractivity (Wildman–Crippen MR) is 38.5 cm³/mol. The first-order chi connectivity index (χ1) is 4.88. The summed E-state index contributed by atoms with van der Waals surface area (Å²) < 4.78 is 5.15. The van der Waals surface area contributed by atoms with Crippen LogP contribution < -0.4 is 0 Å². The molecule has 0 bridgehead atoms. The first-order valence-corrected chi connectivity index (χ1v) is 3.40. The summed E-state index contributed by atoms with van der Waals surface area (Å²) in [4.78, 5) is 10.1. The minimum atomic E-state index is 0.527. The Morgan fingerprint density at radius 3 is 3.00 bits per heavy atom. The normalized spacial score (nSPS) is 23.9. The fourth-order valence-corrected chi connectivity index (χ4v) is 1.06. The molecule has 0 amide bonds. The maximum atomic E-state index is 10.1. The second-order valence-electron chi connectivity index (χ2n) is 2.28. The smallest absolute Gasteiger partial charge is 0.120 e. The molecule has 0 aromatic carbocycles. The monoisotopic (exact) mass is 139 g/mol. The fraction of sp³-hybridized carbons (Fsp3) is 0.500. The Hall–Kier alpha value is -0.630. The standard InChI is InChI=1S/C8H11O2/c1-2-7-5-10-6-8(7)3-4-9/h2,4H,3,5-6H2,1H3/b7-2-. The number of carbonyl (C=O) groups is 1. The summed E-state index contributed by atoms with van der Waals surface area (Å²) in [5.74, 6) is 1.14. The van der Waals surface area contributed by atoms with Gasteiger partial charge in [-0.05, 0) is 12.5 Å². The molecule has 1 fully saturated rings. The Morgan fingerprint density at radius 2 is 2.40 bits per heavy atom. The Bertz CT molecular complexity index is 149. The van der Waals surface area contributed by atoms with Crippen molar-refractivity contribution in [3.8, 4) is 0 Å². The Labute approximate surface area is 60.9 Å². The molecule has 0 spiro atoms. The molecule has 0 saturated carbocycles. The highest BCUT2D eigenvalue weighted by Crippen LogP contribution is 2.23. The van der Waals surface area contributed by atoms with Crippen molar-refractivity contribution >= 4 is 6.29 Å². The van der Waals surface area contributed by atoms with Gasteiger partial charge in [-0.3, -0.25) is 0 Å². The van der Waals surface area contributed by atoms with Crippen LogP contribution in [0.3, 0.4) is 0 Å². The molecule has 0 atom stereocenters. The summed E-state index contributed by atoms with van der Waals surface area (Å²) in [6, 6.07) is 0. The highest BCUT2D eigenvalue weighted by atomic mass is 16.5. The minimum Gasteiger partial charge on any atom is -0.376 e. The van der Waals surface area contributed by atoms with Crippen molar-refractivity contribution in [2.24, 2.45) is 0 Å². The molecule has 1 aliphatic rings. The molecule has 0 unspecified atom stereocenters. The molecule has 1 heterocycles. The SMILES string of the molecule is C/C=C1/COC[C]1CC=O. The lowest BCUT2D eigenvalue weighted by Gasteiger charge is -2.01. The summed E-state index contributed by atoms with van der Waals surface area (Å²) in [6.07, 6.45) is 3.46. The van der Waals surface area contributed by atoms with E-state index in [1.54, 1.807) is 0 Å². The van der Waals surface area contributed by atoms with Crippen LogP contribution in [0, 0.1) is 5.92 Å². The van der Waals surface area contributed by atoms with Gasteiger partial charge in [-0.15, -0.1) is 0 Å². The molecular formula is C8H11O2. The van der Waals surface area contributed by atoms with Crippen LogP contribution in [-0.4, -0.2) is 19.5 Å². The second kappa shape index (κ2) is 3.52. The van der Waals surface area contributed by atoms with Crippen LogP contribution in [0.25, 0.3) is 0 Å². The zero-order chi connectivity index (χ0) is 7.40. The van der Waals surface area contributed by atoms with Gasteiger partial charge >= 0.3 is 0 Å². The fourth-order valence-electron chi connectivity index (χ4n) is 1.06. The second-order valence-corrected chi connectivity index (χ2v) is 2.28. The van der Waals surface area contributed by atoms with Crippen LogP contribution in [0.15, 0.2) is 11.6 Å². The maximum Gasteiger partial charge on any atom is 0.120 e. The van der Waals surface area contributed by atoms with Crippen LogP contribution in [0.1, 0.15) is 13.3 Å². The van der Waals surface area contributed by atoms with Gasteiger partial charge < -0.3 is 9.53 Å². The summed E-state index contributed by atoms with van der Waals surface area (Å²) in [5, 5.41) is 0. The van der Waals surface area contributed by atoms with Crippen LogP contribution in [0.4, 0.5) is 0 Å². The summed E-state index contributed by atoms with van der Waals surface area (Å²) in [6.45, 7) is 3.28. The van der Waals surface area contributed by atoms with E-state index in [4.69, 9.17) is 4.74 Å². The van der Waals surface area contributed by atoms with Crippen molar-refractivity contribution in [1.82, 2.24) is 0 Å². The van der Waals surface area contributed by atoms with Gasteiger partial charge in [-0.1, -0.05) is 6.08 Å². The van der Waals surface area contributed by atoms with Crippen LogP contribution >= 0.6 is 0 Å². The van der Waals surface area contributed by atoms with Gasteiger partial charge in [0.15, 0.2) is 0 Å². The third kappa shape index (κ3) is 1.45. The molecule has 0 aliphatic carbocycles. The van der Waals surface area contributed by atoms with E-state index < -0.39 is 0 Å². The molecule has 2 nitrogen and oxygen atoms in total. The van der Waals surface area contributed by atoms with Gasteiger partial charge in [-0.2, -0.15) is 0 Å². The molecule has 0 aromatic heterocycles. The van der Waals surface area contributed by atoms with E-state index in [1.165, 1.54) is 5.57 Å². The van der Waals surface area contributed by atoms with Crippen molar-refractivity contribution in [2.75, 3.05) is 13.2 Å². The number of hydrogen-bond acceptors (Lipinski definition) is 2. The van der Waals surface area contributed by atoms with E-state index in [1.807, 2.05) is 13.0 Å². The van der Waals surface area contributed by atoms with Gasteiger partial charge in [0.25, 0.3) is 0 Å². The van der Waals surface area contributed by atoms with Crippen molar-refractivity contribution in [3.63, 3.8) is 0 Å². The molecule has 0 aromatic rings. The molecule has 1 rings (SSSR count). The highest BCUT2D eigenvalue weighted by molar-refractivity contribution is 5.56. The van der Waals surface area contributed by atoms with Gasteiger partial charge in [0.2, 0.25) is 0 Å². The van der Waals surface area contributed by atoms with Crippen molar-refractivity contribution < 1.29 is 9.53 Å². The molecule has 2 heteroatoms. The third-order valence-electron chi connectivity index (χ3n) is 1.67. The van der Waals surface area contributed by atoms with Crippen molar-refractivity contribution in [3.05, 3.63) is 17.6 Å². The van der Waals surface area contributed by atoms with E-state index in [0.29, 0.717) is 19.6 Å². The van der Waals surface area contributed by atoms with E-state index in [2.05, 4.69) is 0 Å². The molecule has 55 valence electrons. The molecule has 0 N–H and O–H groups in total. The van der Waals surface area contributed by atoms with E-state index in [0.717, 1.165) is 12.2 Å². The number of carbonyl (C=O) groups excluding carboxylic acids is 1. The number of hydrogen-bond donors (Lipinski definition) is 0. The quantitative estimate of drug-likeness (QED) is 0.536. The van der Waals surface area contributed by atoms with Crippen LogP contribution in [-0.2, 0) is 9.53 Å². The molecule has 1 aliphatic heterocycles. The highest BCUT2D eigenvalue weighted by Gasteiger charge is 2.20. The summed E-state index contributed by atoms with van der Waals surface area (Å²) in [5.41, 5.74) is 1.19. The largest absolute Gasteiger partial charge is 0.376 e. The Balaban J connectivity index is 2.50. The molecular weight excluding hydrogens is 128 g/mol. The average Bonchev–Trinajstić information content (AvgIpc) is 2.36. The maximum absolute atomic E-state index is 10.1. The molecule has 1 saturated heterocycles. The van der Waals surface area contributed by atoms with Gasteiger partial charge in [0, 0.05) is 12.3 Å². The average molecular weight is 139 g/mol. The lowest BCUT2D eigenvalue weighted by molar-refractivity contribution is -0.107.